The van der Waals surface area contributed by atoms with E-state index in [1.165, 1.54) is 0 Å². The molecule has 1 aromatic heterocycles. The van der Waals surface area contributed by atoms with Crippen molar-refractivity contribution in [3.05, 3.63) is 88.4 Å². The van der Waals surface area contributed by atoms with E-state index in [0.717, 1.165) is 48.4 Å². The van der Waals surface area contributed by atoms with Crippen LogP contribution in [-0.2, 0) is 32.0 Å². The van der Waals surface area contributed by atoms with E-state index in [1.807, 2.05) is 44.2 Å². The molecule has 9 nitrogen and oxygen atoms in total. The minimum Gasteiger partial charge on any atom is -0.495 e. The van der Waals surface area contributed by atoms with Gasteiger partial charge in [0, 0.05) is 50.3 Å². The van der Waals surface area contributed by atoms with Crippen LogP contribution in [-0.4, -0.2) is 55.8 Å². The van der Waals surface area contributed by atoms with Crippen LogP contribution in [0.3, 0.4) is 0 Å². The van der Waals surface area contributed by atoms with Crippen molar-refractivity contribution in [3.63, 3.8) is 0 Å². The van der Waals surface area contributed by atoms with Crippen molar-refractivity contribution in [2.75, 3.05) is 26.8 Å². The molecule has 2 aromatic rings. The van der Waals surface area contributed by atoms with Gasteiger partial charge in [-0.1, -0.05) is 48.9 Å². The third-order valence-electron chi connectivity index (χ3n) is 8.25. The molecule has 2 unspecified atom stereocenters. The van der Waals surface area contributed by atoms with Crippen LogP contribution in [0, 0.1) is 18.8 Å². The standard InChI is InChI=1S/C34H41FN4O5/c1-21-5-4-6-24(15-21)19-38-33(40)34(41)39-25-8-7-22(2)32(27(35)16-25)44-29-11-14-37-28-18-31(30(42-3)17-26(28)29)43-20-23-9-12-36-13-10-23/h4-8,11,14-15,18,22-23,25,30,36H,9-10,12-13,16-17,19-20H2,1-3H3,(H,38,40)(H,39,41)/t22-,25?,30?/m1/s1. The Hall–Kier alpha value is -4.02. The summed E-state index contributed by atoms with van der Waals surface area (Å²) in [6.07, 6.45) is 9.18. The second kappa shape index (κ2) is 14.6. The van der Waals surface area contributed by atoms with Crippen molar-refractivity contribution in [1.29, 1.82) is 0 Å². The van der Waals surface area contributed by atoms with Gasteiger partial charge in [-0.25, -0.2) is 4.39 Å². The van der Waals surface area contributed by atoms with Crippen molar-refractivity contribution >= 4 is 17.9 Å². The Morgan fingerprint density at radius 1 is 1.11 bits per heavy atom. The van der Waals surface area contributed by atoms with E-state index in [0.29, 0.717) is 30.4 Å². The Morgan fingerprint density at radius 3 is 2.70 bits per heavy atom. The molecule has 234 valence electrons. The summed E-state index contributed by atoms with van der Waals surface area (Å²) in [5.74, 6) is -0.621. The molecule has 1 saturated heterocycles. The van der Waals surface area contributed by atoms with Gasteiger partial charge in [-0.15, -0.1) is 0 Å². The molecule has 1 fully saturated rings. The van der Waals surface area contributed by atoms with Gasteiger partial charge >= 0.3 is 11.8 Å². The highest BCUT2D eigenvalue weighted by atomic mass is 19.1. The van der Waals surface area contributed by atoms with Gasteiger partial charge in [0.15, 0.2) is 0 Å². The Kier molecular flexibility index (Phi) is 10.4. The van der Waals surface area contributed by atoms with Crippen LogP contribution in [0.25, 0.3) is 6.08 Å². The van der Waals surface area contributed by atoms with E-state index in [-0.39, 0.29) is 24.8 Å². The largest absolute Gasteiger partial charge is 0.495 e. The number of carbonyl (C=O) groups is 2. The molecule has 1 aromatic carbocycles. The number of amides is 2. The Balaban J connectivity index is 1.24. The fourth-order valence-electron chi connectivity index (χ4n) is 5.71. The number of benzene rings is 1. The predicted octanol–water partition coefficient (Wildman–Crippen LogP) is 4.28. The van der Waals surface area contributed by atoms with Crippen molar-refractivity contribution in [1.82, 2.24) is 20.9 Å². The Labute approximate surface area is 257 Å². The lowest BCUT2D eigenvalue weighted by Crippen LogP contribution is -2.43. The summed E-state index contributed by atoms with van der Waals surface area (Å²) in [7, 11) is 1.64. The lowest BCUT2D eigenvalue weighted by atomic mass is 9.96. The van der Waals surface area contributed by atoms with E-state index in [4.69, 9.17) is 14.2 Å². The predicted molar refractivity (Wildman–Crippen MR) is 165 cm³/mol. The third-order valence-corrected chi connectivity index (χ3v) is 8.25. The Morgan fingerprint density at radius 2 is 1.93 bits per heavy atom. The first-order valence-corrected chi connectivity index (χ1v) is 15.3. The molecule has 2 aliphatic carbocycles. The van der Waals surface area contributed by atoms with Crippen molar-refractivity contribution < 1.29 is 28.2 Å². The number of halogens is 1. The zero-order chi connectivity index (χ0) is 31.1. The van der Waals surface area contributed by atoms with Gasteiger partial charge in [0.2, 0.25) is 0 Å². The number of hydrogen-bond acceptors (Lipinski definition) is 7. The number of fused-ring (bicyclic) bond motifs is 1. The minimum atomic E-state index is -0.823. The molecular formula is C34H41FN4O5. The van der Waals surface area contributed by atoms with Gasteiger partial charge < -0.3 is 30.2 Å². The second-order valence-electron chi connectivity index (χ2n) is 11.7. The van der Waals surface area contributed by atoms with E-state index >= 15 is 4.39 Å². The number of rotatable bonds is 9. The number of aryl methyl sites for hydroxylation is 1. The van der Waals surface area contributed by atoms with Gasteiger partial charge in [-0.2, -0.15) is 0 Å². The maximum atomic E-state index is 15.7. The molecule has 0 radical (unpaired) electrons. The number of ether oxygens (including phenoxy) is 3. The molecule has 10 heteroatoms. The molecule has 0 bridgehead atoms. The van der Waals surface area contributed by atoms with Crippen LogP contribution in [0.2, 0.25) is 0 Å². The normalized spacial score (nSPS) is 22.0. The van der Waals surface area contributed by atoms with E-state index in [2.05, 4.69) is 20.9 Å². The summed E-state index contributed by atoms with van der Waals surface area (Å²) in [5, 5.41) is 8.62. The van der Waals surface area contributed by atoms with Gasteiger partial charge in [-0.3, -0.25) is 14.6 Å². The lowest BCUT2D eigenvalue weighted by molar-refractivity contribution is -0.139. The number of carbonyl (C=O) groups excluding carboxylic acids is 2. The van der Waals surface area contributed by atoms with E-state index in [1.54, 1.807) is 31.5 Å². The molecule has 2 heterocycles. The van der Waals surface area contributed by atoms with Crippen LogP contribution in [0.1, 0.15) is 48.6 Å². The SMILES string of the molecule is COC1Cc2c(OC3=C(F)CC(NC(=O)C(=O)NCc4cccc(C)c4)C=C[C@H]3C)ccnc2C=C1OCC1CCNCC1. The van der Waals surface area contributed by atoms with Crippen LogP contribution >= 0.6 is 0 Å². The summed E-state index contributed by atoms with van der Waals surface area (Å²) in [5.41, 5.74) is 3.46. The Bertz CT molecular complexity index is 1450. The number of aromatic nitrogens is 1. The molecule has 0 spiro atoms. The van der Waals surface area contributed by atoms with Crippen molar-refractivity contribution in [3.8, 4) is 5.75 Å². The van der Waals surface area contributed by atoms with Crippen molar-refractivity contribution in [2.45, 2.75) is 58.2 Å². The number of allylic oxidation sites excluding steroid dienone is 1. The second-order valence-corrected chi connectivity index (χ2v) is 11.7. The summed E-state index contributed by atoms with van der Waals surface area (Å²) in [4.78, 5) is 29.6. The number of pyridine rings is 1. The summed E-state index contributed by atoms with van der Waals surface area (Å²) in [6, 6.07) is 8.67. The molecule has 3 atom stereocenters. The first-order chi connectivity index (χ1) is 21.3. The highest BCUT2D eigenvalue weighted by Crippen LogP contribution is 2.35. The number of hydrogen-bond donors (Lipinski definition) is 3. The van der Waals surface area contributed by atoms with E-state index in [9.17, 15) is 9.59 Å². The van der Waals surface area contributed by atoms with Gasteiger partial charge in [-0.05, 0) is 50.4 Å². The summed E-state index contributed by atoms with van der Waals surface area (Å²) >= 11 is 0. The van der Waals surface area contributed by atoms with Crippen molar-refractivity contribution in [2.24, 2.45) is 11.8 Å². The molecule has 5 rings (SSSR count). The molecule has 3 aliphatic rings. The zero-order valence-electron chi connectivity index (χ0n) is 25.5. The fourth-order valence-corrected chi connectivity index (χ4v) is 5.71. The van der Waals surface area contributed by atoms with Crippen LogP contribution in [0.5, 0.6) is 5.75 Å². The summed E-state index contributed by atoms with van der Waals surface area (Å²) in [6.45, 7) is 6.64. The van der Waals surface area contributed by atoms with Crippen LogP contribution in [0.15, 0.2) is 66.0 Å². The van der Waals surface area contributed by atoms with Crippen LogP contribution in [0.4, 0.5) is 4.39 Å². The maximum absolute atomic E-state index is 15.7. The zero-order valence-corrected chi connectivity index (χ0v) is 25.5. The summed E-state index contributed by atoms with van der Waals surface area (Å²) < 4.78 is 33.9. The fraction of sp³-hybridized carbons (Fsp3) is 0.441. The number of nitrogens with zero attached hydrogens (tertiary/aromatic N) is 1. The van der Waals surface area contributed by atoms with E-state index < -0.39 is 29.6 Å². The number of methoxy groups -OCH3 is 1. The number of piperidine rings is 1. The molecule has 44 heavy (non-hydrogen) atoms. The average molecular weight is 605 g/mol. The van der Waals surface area contributed by atoms with Gasteiger partial charge in [0.05, 0.1) is 18.3 Å². The molecule has 2 amide bonds. The van der Waals surface area contributed by atoms with Crippen LogP contribution < -0.4 is 20.7 Å². The lowest BCUT2D eigenvalue weighted by Gasteiger charge is -2.29. The average Bonchev–Trinajstić information content (AvgIpc) is 3.16. The highest BCUT2D eigenvalue weighted by Gasteiger charge is 2.30. The molecule has 3 N–H and O–H groups in total. The topological polar surface area (TPSA) is 111 Å². The molecule has 1 aliphatic heterocycles. The monoisotopic (exact) mass is 604 g/mol. The smallest absolute Gasteiger partial charge is 0.309 e. The molecule has 0 saturated carbocycles. The minimum absolute atomic E-state index is 0.143. The first kappa shape index (κ1) is 31.4. The third kappa shape index (κ3) is 7.92. The highest BCUT2D eigenvalue weighted by molar-refractivity contribution is 6.35. The number of nitrogens with one attached hydrogen (secondary N) is 3. The quantitative estimate of drug-likeness (QED) is 0.290. The van der Waals surface area contributed by atoms with Gasteiger partial charge in [0.1, 0.15) is 29.2 Å². The maximum Gasteiger partial charge on any atom is 0.309 e. The first-order valence-electron chi connectivity index (χ1n) is 15.3. The molecular weight excluding hydrogens is 563 g/mol. The van der Waals surface area contributed by atoms with Gasteiger partial charge in [0.25, 0.3) is 0 Å².